The first-order valence-corrected chi connectivity index (χ1v) is 8.53. The maximum absolute atomic E-state index is 14.5. The van der Waals surface area contributed by atoms with Crippen LogP contribution < -0.4 is 16.1 Å². The molecule has 0 radical (unpaired) electrons. The number of aromatic carboxylic acids is 1. The van der Waals surface area contributed by atoms with E-state index in [-0.39, 0.29) is 16.1 Å². The standard InChI is InChI=1S/C16H15F2N3O3S/c1-16(19)5-20(6-16)10-3-9-7(2-8(10)18)13(22)12(15(23)24)14-21(9)11(4-17)25-14/h2-3,11H,4-6,19H2,1H3,(H,23,24). The predicted octanol–water partition coefficient (Wildman–Crippen LogP) is 1.95. The molecule has 3 heterocycles. The van der Waals surface area contributed by atoms with Crippen molar-refractivity contribution in [2.24, 2.45) is 5.73 Å². The third-order valence-corrected chi connectivity index (χ3v) is 5.79. The van der Waals surface area contributed by atoms with Crippen molar-refractivity contribution in [2.75, 3.05) is 24.7 Å². The van der Waals surface area contributed by atoms with E-state index < -0.39 is 40.4 Å². The molecule has 1 unspecified atom stereocenters. The Labute approximate surface area is 145 Å². The first-order valence-electron chi connectivity index (χ1n) is 7.65. The van der Waals surface area contributed by atoms with Crippen LogP contribution >= 0.6 is 11.8 Å². The van der Waals surface area contributed by atoms with Gasteiger partial charge in [-0.25, -0.2) is 13.6 Å². The van der Waals surface area contributed by atoms with E-state index in [2.05, 4.69) is 0 Å². The van der Waals surface area contributed by atoms with Gasteiger partial charge in [0.15, 0.2) is 0 Å². The number of thioether (sulfide) groups is 1. The molecule has 4 rings (SSSR count). The number of carbonyl (C=O) groups is 1. The second-order valence-electron chi connectivity index (χ2n) is 6.74. The Balaban J connectivity index is 1.96. The quantitative estimate of drug-likeness (QED) is 0.862. The summed E-state index contributed by atoms with van der Waals surface area (Å²) in [5.74, 6) is -2.02. The van der Waals surface area contributed by atoms with Crippen molar-refractivity contribution in [2.45, 2.75) is 22.9 Å². The summed E-state index contributed by atoms with van der Waals surface area (Å²) in [6.07, 6.45) is 0. The Bertz CT molecular complexity index is 981. The number of aromatic nitrogens is 1. The van der Waals surface area contributed by atoms with E-state index in [1.165, 1.54) is 10.6 Å². The topological polar surface area (TPSA) is 88.6 Å². The SMILES string of the molecule is CC1(N)CN(c2cc3c(cc2F)c(=O)c(C(=O)O)c2n3C(CF)S2)C1. The molecule has 1 aromatic carbocycles. The van der Waals surface area contributed by atoms with Crippen LogP contribution in [0.25, 0.3) is 10.9 Å². The number of alkyl halides is 1. The van der Waals surface area contributed by atoms with Gasteiger partial charge in [0, 0.05) is 24.0 Å². The number of hydrogen-bond acceptors (Lipinski definition) is 5. The second kappa shape index (κ2) is 5.18. The zero-order chi connectivity index (χ0) is 18.1. The highest BCUT2D eigenvalue weighted by Crippen LogP contribution is 2.47. The van der Waals surface area contributed by atoms with Crippen LogP contribution in [0.2, 0.25) is 0 Å². The van der Waals surface area contributed by atoms with Gasteiger partial charge in [-0.15, -0.1) is 0 Å². The number of carboxylic acid groups (broad SMARTS) is 1. The van der Waals surface area contributed by atoms with E-state index in [1.54, 1.807) is 4.90 Å². The maximum Gasteiger partial charge on any atom is 0.342 e. The fourth-order valence-corrected chi connectivity index (χ4v) is 4.58. The van der Waals surface area contributed by atoms with E-state index in [0.717, 1.165) is 17.8 Å². The highest BCUT2D eigenvalue weighted by molar-refractivity contribution is 8.00. The molecule has 0 aliphatic carbocycles. The Hall–Kier alpha value is -2.13. The van der Waals surface area contributed by atoms with Gasteiger partial charge in [-0.1, -0.05) is 11.8 Å². The molecule has 132 valence electrons. The van der Waals surface area contributed by atoms with Crippen LogP contribution in [0.1, 0.15) is 22.7 Å². The monoisotopic (exact) mass is 367 g/mol. The van der Waals surface area contributed by atoms with Crippen molar-refractivity contribution in [3.8, 4) is 0 Å². The molecular weight excluding hydrogens is 352 g/mol. The number of carboxylic acids is 1. The van der Waals surface area contributed by atoms with Gasteiger partial charge in [-0.05, 0) is 19.1 Å². The lowest BCUT2D eigenvalue weighted by atomic mass is 9.92. The molecule has 25 heavy (non-hydrogen) atoms. The molecule has 1 atom stereocenters. The minimum atomic E-state index is -1.40. The molecular formula is C16H15F2N3O3S. The van der Waals surface area contributed by atoms with Gasteiger partial charge in [0.1, 0.15) is 23.4 Å². The molecule has 1 fully saturated rings. The van der Waals surface area contributed by atoms with E-state index in [1.807, 2.05) is 6.92 Å². The van der Waals surface area contributed by atoms with E-state index >= 15 is 0 Å². The molecule has 0 saturated carbocycles. The molecule has 1 aromatic heterocycles. The van der Waals surface area contributed by atoms with Gasteiger partial charge < -0.3 is 20.3 Å². The Morgan fingerprint density at radius 2 is 2.16 bits per heavy atom. The average Bonchev–Trinajstić information content (AvgIpc) is 2.47. The summed E-state index contributed by atoms with van der Waals surface area (Å²) in [6, 6.07) is 2.52. The van der Waals surface area contributed by atoms with Gasteiger partial charge in [0.05, 0.1) is 16.2 Å². The van der Waals surface area contributed by atoms with Crippen molar-refractivity contribution >= 4 is 34.3 Å². The Kier molecular flexibility index (Phi) is 3.39. The second-order valence-corrected chi connectivity index (χ2v) is 7.91. The molecule has 0 amide bonds. The summed E-state index contributed by atoms with van der Waals surface area (Å²) < 4.78 is 29.2. The zero-order valence-corrected chi connectivity index (χ0v) is 14.1. The van der Waals surface area contributed by atoms with Crippen LogP contribution in [0.15, 0.2) is 22.0 Å². The largest absolute Gasteiger partial charge is 0.477 e. The normalized spacial score (nSPS) is 20.8. The van der Waals surface area contributed by atoms with E-state index in [9.17, 15) is 23.5 Å². The first-order chi connectivity index (χ1) is 11.7. The Morgan fingerprint density at radius 1 is 1.48 bits per heavy atom. The van der Waals surface area contributed by atoms with Crippen molar-refractivity contribution in [1.82, 2.24) is 4.57 Å². The summed E-state index contributed by atoms with van der Waals surface area (Å²) in [5.41, 5.74) is 4.98. The number of benzene rings is 1. The number of pyridine rings is 1. The Morgan fingerprint density at radius 3 is 2.72 bits per heavy atom. The number of rotatable bonds is 3. The smallest absolute Gasteiger partial charge is 0.342 e. The highest BCUT2D eigenvalue weighted by Gasteiger charge is 2.38. The zero-order valence-electron chi connectivity index (χ0n) is 13.3. The number of hydrogen-bond donors (Lipinski definition) is 2. The lowest BCUT2D eigenvalue weighted by molar-refractivity contribution is 0.0689. The third kappa shape index (κ3) is 2.26. The van der Waals surface area contributed by atoms with Crippen LogP contribution in [0.3, 0.4) is 0 Å². The summed E-state index contributed by atoms with van der Waals surface area (Å²) in [7, 11) is 0. The highest BCUT2D eigenvalue weighted by atomic mass is 32.2. The number of anilines is 1. The van der Waals surface area contributed by atoms with Gasteiger partial charge in [0.2, 0.25) is 5.43 Å². The minimum Gasteiger partial charge on any atom is -0.477 e. The minimum absolute atomic E-state index is 0.0582. The number of nitrogens with zero attached hydrogens (tertiary/aromatic N) is 2. The maximum atomic E-state index is 14.5. The molecule has 2 aliphatic heterocycles. The molecule has 6 nitrogen and oxygen atoms in total. The summed E-state index contributed by atoms with van der Waals surface area (Å²) in [4.78, 5) is 25.7. The lowest BCUT2D eigenvalue weighted by Crippen LogP contribution is -2.65. The van der Waals surface area contributed by atoms with Gasteiger partial charge in [-0.3, -0.25) is 4.79 Å². The van der Waals surface area contributed by atoms with E-state index in [0.29, 0.717) is 18.6 Å². The molecule has 2 aromatic rings. The summed E-state index contributed by atoms with van der Waals surface area (Å²) in [5, 5.41) is 8.83. The van der Waals surface area contributed by atoms with Crippen LogP contribution in [0.5, 0.6) is 0 Å². The lowest BCUT2D eigenvalue weighted by Gasteiger charge is -2.47. The summed E-state index contributed by atoms with van der Waals surface area (Å²) in [6.45, 7) is 2.06. The average molecular weight is 367 g/mol. The summed E-state index contributed by atoms with van der Waals surface area (Å²) >= 11 is 1.00. The molecule has 1 saturated heterocycles. The van der Waals surface area contributed by atoms with Crippen molar-refractivity contribution in [3.63, 3.8) is 0 Å². The van der Waals surface area contributed by atoms with Crippen LogP contribution in [-0.2, 0) is 0 Å². The number of nitrogens with two attached hydrogens (primary N) is 1. The van der Waals surface area contributed by atoms with Crippen molar-refractivity contribution < 1.29 is 18.7 Å². The molecule has 3 N–H and O–H groups in total. The molecule has 9 heteroatoms. The van der Waals surface area contributed by atoms with Crippen LogP contribution in [-0.4, -0.2) is 40.9 Å². The van der Waals surface area contributed by atoms with Crippen LogP contribution in [0, 0.1) is 5.82 Å². The van der Waals surface area contributed by atoms with Crippen molar-refractivity contribution in [1.29, 1.82) is 0 Å². The third-order valence-electron chi connectivity index (χ3n) is 4.56. The van der Waals surface area contributed by atoms with E-state index in [4.69, 9.17) is 5.73 Å². The van der Waals surface area contributed by atoms with Gasteiger partial charge in [-0.2, -0.15) is 0 Å². The van der Waals surface area contributed by atoms with Gasteiger partial charge >= 0.3 is 5.97 Å². The fraction of sp³-hybridized carbons (Fsp3) is 0.375. The molecule has 2 aliphatic rings. The van der Waals surface area contributed by atoms with Crippen molar-refractivity contribution in [3.05, 3.63) is 33.7 Å². The predicted molar refractivity (Wildman–Crippen MR) is 90.8 cm³/mol. The first kappa shape index (κ1) is 16.3. The molecule has 0 spiro atoms. The fourth-order valence-electron chi connectivity index (χ4n) is 3.46. The van der Waals surface area contributed by atoms with Gasteiger partial charge in [0.25, 0.3) is 0 Å². The molecule has 0 bridgehead atoms. The number of fused-ring (bicyclic) bond motifs is 3. The number of halogens is 2. The van der Waals surface area contributed by atoms with Crippen LogP contribution in [0.4, 0.5) is 14.5 Å².